The maximum Gasteiger partial charge on any atom is 2.00 e. The van der Waals surface area contributed by atoms with E-state index in [0.29, 0.717) is 87.9 Å². The topological polar surface area (TPSA) is 213 Å². The fourth-order valence-electron chi connectivity index (χ4n) is 9.63. The molecule has 7 aromatic heterocycles. The van der Waals surface area contributed by atoms with Gasteiger partial charge in [-0.2, -0.15) is 0 Å². The first-order valence-electron chi connectivity index (χ1n) is 20.2. The number of rotatable bonds is 0. The molecule has 0 saturated heterocycles. The first-order valence-corrected chi connectivity index (χ1v) is 20.2. The number of benzene rings is 4. The van der Waals surface area contributed by atoms with Crippen LogP contribution in [0.2, 0.25) is 0 Å². The van der Waals surface area contributed by atoms with Crippen LogP contribution in [0.3, 0.4) is 0 Å². The zero-order valence-corrected chi connectivity index (χ0v) is 36.7. The second kappa shape index (κ2) is 12.5. The molecule has 0 aliphatic carbocycles. The summed E-state index contributed by atoms with van der Waals surface area (Å²) in [6.07, 6.45) is 0. The average Bonchev–Trinajstić information content (AvgIpc) is 4.15. The molecule has 0 amide bonds. The summed E-state index contributed by atoms with van der Waals surface area (Å²) >= 11 is 0. The average molecular weight is 912 g/mol. The summed E-state index contributed by atoms with van der Waals surface area (Å²) in [7, 11) is 13.7. The van der Waals surface area contributed by atoms with Crippen LogP contribution in [-0.4, -0.2) is 66.4 Å². The van der Waals surface area contributed by atoms with Crippen LogP contribution in [0.15, 0.2) is 67.7 Å². The number of hydrogen-bond acceptors (Lipinski definition) is 10. The predicted octanol–water partition coefficient (Wildman–Crippen LogP) is 2.89. The van der Waals surface area contributed by atoms with E-state index in [1.807, 2.05) is 48.5 Å². The van der Waals surface area contributed by atoms with E-state index in [1.54, 1.807) is 92.9 Å². The molecule has 13 rings (SSSR count). The molecule has 8 bridgehead atoms. The van der Waals surface area contributed by atoms with Crippen molar-refractivity contribution in [3.63, 3.8) is 0 Å². The Hall–Kier alpha value is -8.16. The first-order chi connectivity index (χ1) is 30.7. The van der Waals surface area contributed by atoms with E-state index < -0.39 is 0 Å². The van der Waals surface area contributed by atoms with Crippen LogP contribution in [0.5, 0.6) is 0 Å². The Morgan fingerprint density at radius 2 is 0.492 bits per heavy atom. The molecule has 1 radical (unpaired) electrons. The van der Waals surface area contributed by atoms with Gasteiger partial charge in [0.05, 0.1) is 67.4 Å². The van der Waals surface area contributed by atoms with Gasteiger partial charge in [-0.15, -0.1) is 0 Å². The molecule has 0 atom stereocenters. The Labute approximate surface area is 372 Å². The van der Waals surface area contributed by atoms with Gasteiger partial charge in [-0.05, 0) is 70.1 Å². The minimum Gasteiger partial charge on any atom is -0.357 e. The first kappa shape index (κ1) is 38.5. The maximum absolute atomic E-state index is 13.2. The summed E-state index contributed by atoms with van der Waals surface area (Å²) in [4.78, 5) is 93.7. The van der Waals surface area contributed by atoms with Crippen molar-refractivity contribution < 1.29 is 17.1 Å². The van der Waals surface area contributed by atoms with E-state index >= 15 is 0 Å². The molecule has 323 valence electrons. The molecular formula is C44H32CuN16O4. The van der Waals surface area contributed by atoms with E-state index in [-0.39, 0.29) is 85.7 Å². The summed E-state index contributed by atoms with van der Waals surface area (Å²) < 4.78 is 12.6. The summed E-state index contributed by atoms with van der Waals surface area (Å²) in [5, 5.41) is 2.44. The largest absolute Gasteiger partial charge is 2.00 e. The van der Waals surface area contributed by atoms with Gasteiger partial charge in [-0.1, -0.05) is 0 Å². The van der Waals surface area contributed by atoms with E-state index in [0.717, 1.165) is 0 Å². The monoisotopic (exact) mass is 911 g/mol. The van der Waals surface area contributed by atoms with Crippen molar-refractivity contribution in [3.8, 4) is 45.6 Å². The van der Waals surface area contributed by atoms with Crippen LogP contribution >= 0.6 is 0 Å². The number of nitrogens with zero attached hydrogens (tertiary/aromatic N) is 16. The van der Waals surface area contributed by atoms with Crippen molar-refractivity contribution in [2.75, 3.05) is 0 Å². The minimum atomic E-state index is -0.201. The van der Waals surface area contributed by atoms with Crippen LogP contribution in [0.4, 0.5) is 0 Å². The molecule has 20 nitrogen and oxygen atoms in total. The van der Waals surface area contributed by atoms with Gasteiger partial charge in [0.2, 0.25) is 0 Å². The fourth-order valence-corrected chi connectivity index (χ4v) is 9.63. The second-order valence-electron chi connectivity index (χ2n) is 16.6. The van der Waals surface area contributed by atoms with Gasteiger partial charge in [-0.25, -0.2) is 29.1 Å². The van der Waals surface area contributed by atoms with Crippen LogP contribution in [-0.2, 0) is 73.5 Å². The van der Waals surface area contributed by atoms with Gasteiger partial charge in [-0.3, -0.25) is 36.5 Å². The number of aromatic nitrogens is 16. The van der Waals surface area contributed by atoms with Crippen molar-refractivity contribution in [2.24, 2.45) is 56.4 Å². The van der Waals surface area contributed by atoms with E-state index in [4.69, 9.17) is 39.9 Å². The fraction of sp³-hybridized carbons (Fsp3) is 0.182. The van der Waals surface area contributed by atoms with Crippen LogP contribution in [0, 0.1) is 0 Å². The van der Waals surface area contributed by atoms with Crippen molar-refractivity contribution in [2.45, 2.75) is 0 Å². The smallest absolute Gasteiger partial charge is 0.357 e. The van der Waals surface area contributed by atoms with E-state index in [1.165, 1.54) is 0 Å². The Morgan fingerprint density at radius 1 is 0.308 bits per heavy atom. The molecule has 11 aromatic rings. The molecule has 0 saturated carbocycles. The summed E-state index contributed by atoms with van der Waals surface area (Å²) in [6, 6.07) is 15.0. The third-order valence-corrected chi connectivity index (χ3v) is 13.3. The molecule has 2 aliphatic heterocycles. The van der Waals surface area contributed by atoms with E-state index in [2.05, 4.69) is 0 Å². The van der Waals surface area contributed by atoms with Crippen molar-refractivity contribution in [3.05, 3.63) is 90.5 Å². The van der Waals surface area contributed by atoms with Gasteiger partial charge in [0.15, 0.2) is 0 Å². The molecule has 0 unspecified atom stereocenters. The molecule has 2 aliphatic rings. The normalized spacial score (nSPS) is 12.4. The van der Waals surface area contributed by atoms with Gasteiger partial charge < -0.3 is 29.9 Å². The van der Waals surface area contributed by atoms with Gasteiger partial charge >= 0.3 is 39.8 Å². The molecule has 0 fully saturated rings. The Kier molecular flexibility index (Phi) is 7.41. The van der Waals surface area contributed by atoms with Gasteiger partial charge in [0.25, 0.3) is 0 Å². The second-order valence-corrected chi connectivity index (χ2v) is 16.6. The third-order valence-electron chi connectivity index (χ3n) is 13.3. The van der Waals surface area contributed by atoms with Crippen LogP contribution < -0.4 is 32.7 Å². The van der Waals surface area contributed by atoms with Crippen molar-refractivity contribution in [1.29, 1.82) is 0 Å². The summed E-state index contributed by atoms with van der Waals surface area (Å²) in [6.45, 7) is 0. The zero-order chi connectivity index (χ0) is 44.1. The Bertz CT molecular complexity index is 3970. The number of fused-ring (bicyclic) bond motifs is 24. The van der Waals surface area contributed by atoms with Crippen LogP contribution in [0.25, 0.3) is 134 Å². The van der Waals surface area contributed by atoms with Crippen molar-refractivity contribution >= 4 is 88.3 Å². The quantitative estimate of drug-likeness (QED) is 0.201. The SMILES string of the molecule is Cn1c(=O)n(C)c2cc3c(cc21)-c1nc-3nc2[n-]c(nc3nc(nc4[n-]c(n1)c1cc5c(cc41)n(C)c(=O)n5C)-c1cc4c(cc1-3)n(C)c(=O)n4C)c1cc3c(cc21)n(C)c(=O)n3C.[Cu+2]. The summed E-state index contributed by atoms with van der Waals surface area (Å²) in [5.74, 6) is 1.14. The minimum absolute atomic E-state index is 0. The van der Waals surface area contributed by atoms with Gasteiger partial charge in [0, 0.05) is 101 Å². The molecule has 4 aromatic carbocycles. The maximum atomic E-state index is 13.2. The number of hydrogen-bond donors (Lipinski definition) is 0. The van der Waals surface area contributed by atoms with E-state index in [9.17, 15) is 19.2 Å². The third kappa shape index (κ3) is 4.79. The molecule has 21 heteroatoms. The van der Waals surface area contributed by atoms with Crippen molar-refractivity contribution in [1.82, 2.24) is 76.4 Å². The molecule has 9 heterocycles. The zero-order valence-electron chi connectivity index (χ0n) is 35.7. The standard InChI is InChI=1S/C44H32N16O4.Cu/c1-53-25-9-17-18(10-26(25)54(2)41(53)61)34-45-33(17)49-35-19-11-27-28(56(4)42(62)55(27)3)12-20(19)37(46-35)51-39-23-15-31-32(60(8)44(64)59(31)7)16-24(23)40(48-39)52-38-22-14-30-29(57(5)43(63)58(30)6)13-21(22)36(47-38)50-34;/h9-16H,1-8H3;/q-2;+2. The molecule has 65 heavy (non-hydrogen) atoms. The Balaban J connectivity index is 0.00000444. The summed E-state index contributed by atoms with van der Waals surface area (Å²) in [5.41, 5.74) is 8.10. The molecule has 0 N–H and O–H groups in total. The number of imidazole rings is 4. The predicted molar refractivity (Wildman–Crippen MR) is 241 cm³/mol. The molecule has 0 spiro atoms. The molecular weight excluding hydrogens is 880 g/mol. The van der Waals surface area contributed by atoms with Crippen LogP contribution in [0.1, 0.15) is 0 Å². The Morgan fingerprint density at radius 3 is 0.692 bits per heavy atom. The van der Waals surface area contributed by atoms with Gasteiger partial charge in [0.1, 0.15) is 0 Å². The number of aryl methyl sites for hydroxylation is 8.